The summed E-state index contributed by atoms with van der Waals surface area (Å²) in [5, 5.41) is 31.8. The fourth-order valence-corrected chi connectivity index (χ4v) is 3.79. The summed E-state index contributed by atoms with van der Waals surface area (Å²) in [6, 6.07) is 8.97. The highest BCUT2D eigenvalue weighted by molar-refractivity contribution is 6.43. The van der Waals surface area contributed by atoms with Crippen molar-refractivity contribution in [2.45, 2.75) is 44.6 Å². The Bertz CT molecular complexity index is 956. The molecule has 1 fully saturated rings. The topological polar surface area (TPSA) is 136 Å². The van der Waals surface area contributed by atoms with Crippen LogP contribution in [-0.4, -0.2) is 59.2 Å². The lowest BCUT2D eigenvalue weighted by molar-refractivity contribution is -0.138. The number of rotatable bonds is 7. The van der Waals surface area contributed by atoms with E-state index in [0.29, 0.717) is 18.5 Å². The van der Waals surface area contributed by atoms with Gasteiger partial charge in [0.1, 0.15) is 18.1 Å². The van der Waals surface area contributed by atoms with E-state index in [4.69, 9.17) is 14.4 Å². The highest BCUT2D eigenvalue weighted by Crippen LogP contribution is 2.22. The number of para-hydroxylation sites is 1. The Labute approximate surface area is 180 Å². The molecule has 0 aliphatic carbocycles. The summed E-state index contributed by atoms with van der Waals surface area (Å²) >= 11 is 0. The van der Waals surface area contributed by atoms with Crippen LogP contribution in [0.3, 0.4) is 0 Å². The number of furan rings is 1. The second kappa shape index (κ2) is 10.3. The van der Waals surface area contributed by atoms with Gasteiger partial charge in [0.05, 0.1) is 24.3 Å². The molecule has 3 N–H and O–H groups in total. The van der Waals surface area contributed by atoms with E-state index in [0.717, 1.165) is 23.8 Å². The zero-order valence-electron chi connectivity index (χ0n) is 17.4. The fourth-order valence-electron chi connectivity index (χ4n) is 3.79. The summed E-state index contributed by atoms with van der Waals surface area (Å²) in [4.78, 5) is 26.3. The average Bonchev–Trinajstić information content (AvgIpc) is 3.19. The van der Waals surface area contributed by atoms with Gasteiger partial charge >= 0.3 is 13.2 Å². The van der Waals surface area contributed by atoms with E-state index < -0.39 is 25.1 Å². The Morgan fingerprint density at radius 1 is 1.39 bits per heavy atom. The molecule has 3 rings (SSSR count). The van der Waals surface area contributed by atoms with Crippen LogP contribution in [0.2, 0.25) is 0 Å². The maximum absolute atomic E-state index is 12.4. The Morgan fingerprint density at radius 2 is 2.16 bits per heavy atom. The Kier molecular flexibility index (Phi) is 7.55. The van der Waals surface area contributed by atoms with Gasteiger partial charge in [0, 0.05) is 11.9 Å². The summed E-state index contributed by atoms with van der Waals surface area (Å²) < 4.78 is 10.7. The molecule has 1 aliphatic heterocycles. The number of ether oxygens (including phenoxy) is 1. The number of nitriles is 1. The molecule has 0 saturated carbocycles. The molecule has 9 nitrogen and oxygen atoms in total. The first-order chi connectivity index (χ1) is 14.9. The van der Waals surface area contributed by atoms with Crippen molar-refractivity contribution in [1.82, 2.24) is 10.2 Å². The van der Waals surface area contributed by atoms with E-state index in [9.17, 15) is 19.6 Å². The molecule has 1 aliphatic rings. The highest BCUT2D eigenvalue weighted by Gasteiger charge is 2.32. The van der Waals surface area contributed by atoms with Crippen molar-refractivity contribution in [3.05, 3.63) is 36.1 Å². The van der Waals surface area contributed by atoms with Crippen LogP contribution in [0.25, 0.3) is 11.0 Å². The van der Waals surface area contributed by atoms with E-state index >= 15 is 0 Å². The minimum atomic E-state index is -1.80. The molecule has 0 radical (unpaired) electrons. The molecule has 1 unspecified atom stereocenters. The molecule has 2 amide bonds. The van der Waals surface area contributed by atoms with E-state index in [1.165, 1.54) is 6.26 Å². The maximum atomic E-state index is 12.4. The molecule has 0 spiro atoms. The highest BCUT2D eigenvalue weighted by atomic mass is 16.5. The smallest absolute Gasteiger partial charge is 0.464 e. The Morgan fingerprint density at radius 3 is 2.90 bits per heavy atom. The number of benzene rings is 1. The summed E-state index contributed by atoms with van der Waals surface area (Å²) in [7, 11) is -1.80. The quantitative estimate of drug-likeness (QED) is 0.572. The maximum Gasteiger partial charge on any atom is 0.475 e. The third-order valence-corrected chi connectivity index (χ3v) is 5.55. The van der Waals surface area contributed by atoms with Gasteiger partial charge in [-0.25, -0.2) is 4.79 Å². The van der Waals surface area contributed by atoms with Gasteiger partial charge in [-0.1, -0.05) is 18.2 Å². The zero-order chi connectivity index (χ0) is 22.4. The molecular weight excluding hydrogens is 401 g/mol. The normalized spacial score (nSPS) is 18.1. The third-order valence-electron chi connectivity index (χ3n) is 5.55. The van der Waals surface area contributed by atoms with Gasteiger partial charge in [-0.2, -0.15) is 5.26 Å². The Hall–Kier alpha value is -3.03. The van der Waals surface area contributed by atoms with Crippen LogP contribution in [0.4, 0.5) is 4.79 Å². The second-order valence-electron chi connectivity index (χ2n) is 7.76. The summed E-state index contributed by atoms with van der Waals surface area (Å²) in [5.74, 6) is -2.03. The van der Waals surface area contributed by atoms with E-state index in [1.807, 2.05) is 24.3 Å². The predicted molar refractivity (Wildman–Crippen MR) is 113 cm³/mol. The van der Waals surface area contributed by atoms with Gasteiger partial charge in [0.2, 0.25) is 5.91 Å². The van der Waals surface area contributed by atoms with Crippen LogP contribution < -0.4 is 5.32 Å². The Balaban J connectivity index is 1.58. The molecule has 2 heterocycles. The number of piperidine rings is 1. The number of nitrogens with one attached hydrogen (secondary N) is 1. The number of carbonyl (C=O) groups is 2. The minimum Gasteiger partial charge on any atom is -0.464 e. The molecule has 3 atom stereocenters. The lowest BCUT2D eigenvalue weighted by Crippen LogP contribution is -2.50. The SMILES string of the molecule is CC(C#N)C(=O)N1CCCC[C@@H]1COC(=O)N[C@@H](Cc1coc2ccccc12)B(O)O. The van der Waals surface area contributed by atoms with Crippen molar-refractivity contribution in [2.24, 2.45) is 5.92 Å². The first-order valence-corrected chi connectivity index (χ1v) is 10.3. The van der Waals surface area contributed by atoms with Gasteiger partial charge in [0.25, 0.3) is 0 Å². The van der Waals surface area contributed by atoms with Crippen molar-refractivity contribution < 1.29 is 28.8 Å². The molecule has 0 bridgehead atoms. The van der Waals surface area contributed by atoms with Gasteiger partial charge in [-0.15, -0.1) is 0 Å². The molecule has 1 aromatic carbocycles. The van der Waals surface area contributed by atoms with E-state index in [2.05, 4.69) is 5.32 Å². The van der Waals surface area contributed by atoms with Crippen LogP contribution in [0.5, 0.6) is 0 Å². The fraction of sp³-hybridized carbons (Fsp3) is 0.476. The number of nitrogens with zero attached hydrogens (tertiary/aromatic N) is 2. The van der Waals surface area contributed by atoms with Crippen LogP contribution in [0.15, 0.2) is 34.9 Å². The number of fused-ring (bicyclic) bond motifs is 1. The van der Waals surface area contributed by atoms with Crippen LogP contribution in [0, 0.1) is 17.2 Å². The van der Waals surface area contributed by atoms with Crippen molar-refractivity contribution in [2.75, 3.05) is 13.2 Å². The minimum absolute atomic E-state index is 0.0292. The standard InChI is InChI=1S/C21H26BN3O6/c1-14(11-23)20(26)25-9-5-4-6-16(25)13-31-21(27)24-19(22(28)29)10-15-12-30-18-8-3-2-7-17(15)18/h2-3,7-8,12,14,16,19,28-29H,4-6,9-10,13H2,1H3,(H,24,27)/t14?,16-,19+/m1/s1. The summed E-state index contributed by atoms with van der Waals surface area (Å²) in [5.41, 5.74) is 1.39. The van der Waals surface area contributed by atoms with Crippen molar-refractivity contribution in [3.63, 3.8) is 0 Å². The molecule has 10 heteroatoms. The van der Waals surface area contributed by atoms with Gasteiger partial charge in [-0.05, 0) is 44.2 Å². The van der Waals surface area contributed by atoms with E-state index in [1.54, 1.807) is 17.9 Å². The van der Waals surface area contributed by atoms with Gasteiger partial charge < -0.3 is 29.4 Å². The lowest BCUT2D eigenvalue weighted by atomic mass is 9.76. The van der Waals surface area contributed by atoms with Gasteiger partial charge in [0.15, 0.2) is 0 Å². The molecule has 2 aromatic rings. The number of alkyl carbamates (subject to hydrolysis) is 1. The molecule has 1 saturated heterocycles. The lowest BCUT2D eigenvalue weighted by Gasteiger charge is -2.36. The molecule has 31 heavy (non-hydrogen) atoms. The van der Waals surface area contributed by atoms with Crippen LogP contribution in [0.1, 0.15) is 31.7 Å². The van der Waals surface area contributed by atoms with Gasteiger partial charge in [-0.3, -0.25) is 4.79 Å². The van der Waals surface area contributed by atoms with E-state index in [-0.39, 0.29) is 25.0 Å². The van der Waals surface area contributed by atoms with Crippen molar-refractivity contribution in [1.29, 1.82) is 5.26 Å². The third kappa shape index (κ3) is 5.57. The summed E-state index contributed by atoms with van der Waals surface area (Å²) in [6.45, 7) is 2.04. The van der Waals surface area contributed by atoms with Crippen molar-refractivity contribution >= 4 is 30.1 Å². The number of carbonyl (C=O) groups excluding carboxylic acids is 2. The van der Waals surface area contributed by atoms with Crippen molar-refractivity contribution in [3.8, 4) is 6.07 Å². The molecule has 1 aromatic heterocycles. The van der Waals surface area contributed by atoms with Crippen LogP contribution in [-0.2, 0) is 16.0 Å². The summed E-state index contributed by atoms with van der Waals surface area (Å²) in [6.07, 6.45) is 3.25. The number of amides is 2. The average molecular weight is 427 g/mol. The monoisotopic (exact) mass is 427 g/mol. The molecule has 164 valence electrons. The molecular formula is C21H26BN3O6. The van der Waals surface area contributed by atoms with Crippen LogP contribution >= 0.6 is 0 Å². The first-order valence-electron chi connectivity index (χ1n) is 10.3. The zero-order valence-corrected chi connectivity index (χ0v) is 17.4. The number of hydrogen-bond donors (Lipinski definition) is 3. The number of likely N-dealkylation sites (tertiary alicyclic amines) is 1. The number of hydrogen-bond acceptors (Lipinski definition) is 7. The second-order valence-corrected chi connectivity index (χ2v) is 7.76. The first kappa shape index (κ1) is 22.7. The largest absolute Gasteiger partial charge is 0.475 e. The predicted octanol–water partition coefficient (Wildman–Crippen LogP) is 1.62.